The number of carbonyl (C=O) groups excluding carboxylic acids is 1. The van der Waals surface area contributed by atoms with Gasteiger partial charge < -0.3 is 5.32 Å². The van der Waals surface area contributed by atoms with E-state index in [1.54, 1.807) is 41.1 Å². The molecular weight excluding hydrogens is 391 g/mol. The smallest absolute Gasteiger partial charge is 0.295 e. The molecule has 0 spiro atoms. The van der Waals surface area contributed by atoms with Gasteiger partial charge in [0.1, 0.15) is 5.82 Å². The summed E-state index contributed by atoms with van der Waals surface area (Å²) in [5.74, 6) is -0.442. The number of halogens is 2. The molecule has 3 aromatic carbocycles. The van der Waals surface area contributed by atoms with Gasteiger partial charge in [0, 0.05) is 5.56 Å². The number of aryl methyl sites for hydroxylation is 1. The van der Waals surface area contributed by atoms with E-state index in [1.807, 2.05) is 31.2 Å². The Labute approximate surface area is 171 Å². The Morgan fingerprint density at radius 2 is 1.69 bits per heavy atom. The molecule has 0 saturated carbocycles. The lowest BCUT2D eigenvalue weighted by Crippen LogP contribution is -2.14. The van der Waals surface area contributed by atoms with Crippen LogP contribution in [0, 0.1) is 12.7 Å². The van der Waals surface area contributed by atoms with Crippen LogP contribution in [0.2, 0.25) is 5.02 Å². The number of anilines is 1. The summed E-state index contributed by atoms with van der Waals surface area (Å²) >= 11 is 6.12. The molecule has 0 radical (unpaired) electrons. The molecule has 0 aliphatic heterocycles. The lowest BCUT2D eigenvalue weighted by atomic mass is 10.2. The summed E-state index contributed by atoms with van der Waals surface area (Å²) < 4.78 is 14.9. The summed E-state index contributed by atoms with van der Waals surface area (Å²) in [6.07, 6.45) is 0. The fourth-order valence-corrected chi connectivity index (χ4v) is 2.98. The number of rotatable bonds is 4. The van der Waals surface area contributed by atoms with Crippen LogP contribution in [0.4, 0.5) is 10.1 Å². The summed E-state index contributed by atoms with van der Waals surface area (Å²) in [5.41, 5.74) is 2.93. The van der Waals surface area contributed by atoms with Gasteiger partial charge in [-0.05, 0) is 55.5 Å². The number of benzene rings is 3. The molecule has 0 aliphatic carbocycles. The number of aromatic nitrogens is 3. The molecule has 0 fully saturated rings. The first kappa shape index (κ1) is 18.8. The predicted octanol–water partition coefficient (Wildman–Crippen LogP) is 5.29. The van der Waals surface area contributed by atoms with Crippen molar-refractivity contribution < 1.29 is 9.18 Å². The van der Waals surface area contributed by atoms with E-state index in [0.717, 1.165) is 11.3 Å². The highest BCUT2D eigenvalue weighted by molar-refractivity contribution is 6.33. The van der Waals surface area contributed by atoms with Gasteiger partial charge in [0.25, 0.3) is 5.91 Å². The lowest BCUT2D eigenvalue weighted by Gasteiger charge is -2.06. The van der Waals surface area contributed by atoms with Crippen molar-refractivity contribution in [1.82, 2.24) is 14.8 Å². The van der Waals surface area contributed by atoms with Crippen molar-refractivity contribution in [2.24, 2.45) is 0 Å². The zero-order valence-corrected chi connectivity index (χ0v) is 16.2. The molecule has 0 bridgehead atoms. The van der Waals surface area contributed by atoms with Crippen molar-refractivity contribution in [3.63, 3.8) is 0 Å². The highest BCUT2D eigenvalue weighted by atomic mass is 35.5. The summed E-state index contributed by atoms with van der Waals surface area (Å²) in [7, 11) is 0. The third-order valence-electron chi connectivity index (χ3n) is 4.31. The van der Waals surface area contributed by atoms with Gasteiger partial charge in [0.2, 0.25) is 5.82 Å². The highest BCUT2D eigenvalue weighted by Gasteiger charge is 2.19. The first-order valence-electron chi connectivity index (χ1n) is 8.87. The second-order valence-electron chi connectivity index (χ2n) is 6.45. The van der Waals surface area contributed by atoms with E-state index in [1.165, 1.54) is 12.1 Å². The Balaban J connectivity index is 1.76. The zero-order chi connectivity index (χ0) is 20.4. The second-order valence-corrected chi connectivity index (χ2v) is 6.85. The maximum absolute atomic E-state index is 13.4. The van der Waals surface area contributed by atoms with Crippen molar-refractivity contribution in [1.29, 1.82) is 0 Å². The molecule has 1 N–H and O–H groups in total. The monoisotopic (exact) mass is 406 g/mol. The number of nitrogens with zero attached hydrogens (tertiary/aromatic N) is 3. The van der Waals surface area contributed by atoms with Crippen LogP contribution in [0.5, 0.6) is 0 Å². The van der Waals surface area contributed by atoms with Crippen LogP contribution in [0.1, 0.15) is 16.2 Å². The van der Waals surface area contributed by atoms with Crippen LogP contribution >= 0.6 is 11.6 Å². The average molecular weight is 407 g/mol. The minimum absolute atomic E-state index is 0.0233. The number of hydrogen-bond donors (Lipinski definition) is 1. The zero-order valence-electron chi connectivity index (χ0n) is 15.4. The first-order chi connectivity index (χ1) is 14.0. The predicted molar refractivity (Wildman–Crippen MR) is 111 cm³/mol. The maximum Gasteiger partial charge on any atom is 0.295 e. The van der Waals surface area contributed by atoms with E-state index in [4.69, 9.17) is 11.6 Å². The number of hydrogen-bond acceptors (Lipinski definition) is 3. The van der Waals surface area contributed by atoms with E-state index < -0.39 is 5.91 Å². The molecule has 29 heavy (non-hydrogen) atoms. The third kappa shape index (κ3) is 4.02. The van der Waals surface area contributed by atoms with Crippen molar-refractivity contribution in [2.75, 3.05) is 5.32 Å². The standard InChI is InChI=1S/C22H16ClFN4O/c1-14-6-12-17(13-7-14)28-21(15-8-10-16(24)11-9-15)26-20(27-28)22(29)25-19-5-3-2-4-18(19)23/h2-13H,1H3,(H,25,29). The Bertz CT molecular complexity index is 1110. The van der Waals surface area contributed by atoms with Gasteiger partial charge in [-0.3, -0.25) is 4.79 Å². The van der Waals surface area contributed by atoms with Crippen LogP contribution in [0.25, 0.3) is 17.1 Å². The number of amides is 1. The minimum Gasteiger partial charge on any atom is -0.318 e. The fraction of sp³-hybridized carbons (Fsp3) is 0.0455. The van der Waals surface area contributed by atoms with Crippen LogP contribution in [0.3, 0.4) is 0 Å². The molecule has 0 aliphatic rings. The number of nitrogens with one attached hydrogen (secondary N) is 1. The van der Waals surface area contributed by atoms with Gasteiger partial charge in [-0.15, -0.1) is 5.10 Å². The van der Waals surface area contributed by atoms with Crippen LogP contribution in [-0.2, 0) is 0 Å². The number of para-hydroxylation sites is 1. The summed E-state index contributed by atoms with van der Waals surface area (Å²) in [4.78, 5) is 17.1. The molecule has 1 amide bonds. The topological polar surface area (TPSA) is 59.8 Å². The van der Waals surface area contributed by atoms with Crippen molar-refractivity contribution in [3.8, 4) is 17.1 Å². The van der Waals surface area contributed by atoms with E-state index in [2.05, 4.69) is 15.4 Å². The molecule has 7 heteroatoms. The summed E-state index contributed by atoms with van der Waals surface area (Å²) in [6, 6.07) is 20.4. The van der Waals surface area contributed by atoms with E-state index >= 15 is 0 Å². The van der Waals surface area contributed by atoms with Crippen LogP contribution in [0.15, 0.2) is 72.8 Å². The van der Waals surface area contributed by atoms with Crippen molar-refractivity contribution in [2.45, 2.75) is 6.92 Å². The largest absolute Gasteiger partial charge is 0.318 e. The first-order valence-corrected chi connectivity index (χ1v) is 9.25. The summed E-state index contributed by atoms with van der Waals surface area (Å²) in [5, 5.41) is 7.52. The van der Waals surface area contributed by atoms with E-state index in [0.29, 0.717) is 22.1 Å². The Kier molecular flexibility index (Phi) is 5.10. The maximum atomic E-state index is 13.4. The van der Waals surface area contributed by atoms with E-state index in [9.17, 15) is 9.18 Å². The molecule has 0 unspecified atom stereocenters. The van der Waals surface area contributed by atoms with Gasteiger partial charge in [0.05, 0.1) is 16.4 Å². The minimum atomic E-state index is -0.493. The fourth-order valence-electron chi connectivity index (χ4n) is 2.80. The molecule has 0 saturated heterocycles. The number of carbonyl (C=O) groups is 1. The quantitative estimate of drug-likeness (QED) is 0.501. The SMILES string of the molecule is Cc1ccc(-n2nc(C(=O)Nc3ccccc3Cl)nc2-c2ccc(F)cc2)cc1. The molecule has 144 valence electrons. The molecule has 0 atom stereocenters. The van der Waals surface area contributed by atoms with Gasteiger partial charge in [-0.2, -0.15) is 0 Å². The van der Waals surface area contributed by atoms with Gasteiger partial charge >= 0.3 is 0 Å². The average Bonchev–Trinajstić information content (AvgIpc) is 3.16. The molecule has 4 rings (SSSR count). The highest BCUT2D eigenvalue weighted by Crippen LogP contribution is 2.24. The van der Waals surface area contributed by atoms with Crippen LogP contribution < -0.4 is 5.32 Å². The van der Waals surface area contributed by atoms with Crippen molar-refractivity contribution in [3.05, 3.63) is 95.0 Å². The van der Waals surface area contributed by atoms with E-state index in [-0.39, 0.29) is 11.6 Å². The normalized spacial score (nSPS) is 10.7. The Morgan fingerprint density at radius 1 is 1.00 bits per heavy atom. The van der Waals surface area contributed by atoms with Crippen molar-refractivity contribution >= 4 is 23.2 Å². The lowest BCUT2D eigenvalue weighted by molar-refractivity contribution is 0.101. The van der Waals surface area contributed by atoms with Gasteiger partial charge in [0.15, 0.2) is 5.82 Å². The van der Waals surface area contributed by atoms with Crippen LogP contribution in [-0.4, -0.2) is 20.7 Å². The molecular formula is C22H16ClFN4O. The molecule has 4 aromatic rings. The van der Waals surface area contributed by atoms with Gasteiger partial charge in [-0.25, -0.2) is 14.1 Å². The Hall–Kier alpha value is -3.51. The Morgan fingerprint density at radius 3 is 2.38 bits per heavy atom. The molecule has 5 nitrogen and oxygen atoms in total. The van der Waals surface area contributed by atoms with Gasteiger partial charge in [-0.1, -0.05) is 41.4 Å². The second kappa shape index (κ2) is 7.85. The molecule has 1 heterocycles. The molecule has 1 aromatic heterocycles. The third-order valence-corrected chi connectivity index (χ3v) is 4.64. The summed E-state index contributed by atoms with van der Waals surface area (Å²) in [6.45, 7) is 1.98.